The molecular weight excluding hydrogens is 290 g/mol. The van der Waals surface area contributed by atoms with Crippen LogP contribution in [0.1, 0.15) is 5.56 Å². The molecular formula is C11H6ClN3O3S. The first kappa shape index (κ1) is 13.4. The van der Waals surface area contributed by atoms with Gasteiger partial charge < -0.3 is 0 Å². The largest absolute Gasteiger partial charge is 0.271 e. The molecule has 0 bridgehead atoms. The number of fused-ring (bicyclic) bond motifs is 1. The molecule has 0 aliphatic rings. The Bertz CT molecular complexity index is 770. The highest BCUT2D eigenvalue weighted by atomic mass is 35.5. The Morgan fingerprint density at radius 3 is 2.74 bits per heavy atom. The molecule has 1 heterocycles. The molecule has 1 unspecified atom stereocenters. The van der Waals surface area contributed by atoms with Crippen molar-refractivity contribution in [1.29, 1.82) is 5.26 Å². The highest BCUT2D eigenvalue weighted by molar-refractivity contribution is 7.84. The molecule has 8 heteroatoms. The van der Waals surface area contributed by atoms with E-state index in [0.29, 0.717) is 5.52 Å². The molecule has 0 radical (unpaired) electrons. The van der Waals surface area contributed by atoms with E-state index in [2.05, 4.69) is 4.98 Å². The molecule has 2 aromatic rings. The van der Waals surface area contributed by atoms with Crippen LogP contribution in [-0.4, -0.2) is 20.4 Å². The van der Waals surface area contributed by atoms with Crippen LogP contribution in [0.5, 0.6) is 0 Å². The summed E-state index contributed by atoms with van der Waals surface area (Å²) in [6.45, 7) is 0. The van der Waals surface area contributed by atoms with Crippen molar-refractivity contribution in [2.75, 3.05) is 6.26 Å². The second-order valence-electron chi connectivity index (χ2n) is 3.65. The van der Waals surface area contributed by atoms with Crippen molar-refractivity contribution >= 4 is 39.0 Å². The van der Waals surface area contributed by atoms with Gasteiger partial charge in [-0.25, -0.2) is 0 Å². The van der Waals surface area contributed by atoms with Gasteiger partial charge in [0, 0.05) is 30.0 Å². The molecule has 0 saturated carbocycles. The van der Waals surface area contributed by atoms with E-state index in [-0.39, 0.29) is 26.6 Å². The van der Waals surface area contributed by atoms with Crippen LogP contribution in [0, 0.1) is 21.4 Å². The van der Waals surface area contributed by atoms with Crippen molar-refractivity contribution in [3.63, 3.8) is 0 Å². The minimum Gasteiger partial charge on any atom is -0.258 e. The number of rotatable bonds is 2. The maximum absolute atomic E-state index is 11.6. The Balaban J connectivity index is 2.96. The average Bonchev–Trinajstić information content (AvgIpc) is 2.38. The Morgan fingerprint density at radius 2 is 2.21 bits per heavy atom. The lowest BCUT2D eigenvalue weighted by Gasteiger charge is -2.06. The topological polar surface area (TPSA) is 96.9 Å². The van der Waals surface area contributed by atoms with Crippen molar-refractivity contribution in [3.8, 4) is 6.07 Å². The van der Waals surface area contributed by atoms with Crippen molar-refractivity contribution < 1.29 is 9.13 Å². The average molecular weight is 296 g/mol. The van der Waals surface area contributed by atoms with E-state index in [9.17, 15) is 14.3 Å². The van der Waals surface area contributed by atoms with E-state index in [1.165, 1.54) is 24.6 Å². The highest BCUT2D eigenvalue weighted by Gasteiger charge is 2.18. The first-order valence-corrected chi connectivity index (χ1v) is 6.89. The van der Waals surface area contributed by atoms with Gasteiger partial charge in [-0.3, -0.25) is 19.3 Å². The van der Waals surface area contributed by atoms with Gasteiger partial charge in [-0.1, -0.05) is 11.6 Å². The second kappa shape index (κ2) is 4.91. The zero-order chi connectivity index (χ0) is 14.2. The molecule has 0 spiro atoms. The lowest BCUT2D eigenvalue weighted by Crippen LogP contribution is -1.97. The maximum Gasteiger partial charge on any atom is 0.271 e. The number of non-ortho nitro benzene ring substituents is 1. The normalized spacial score (nSPS) is 12.1. The third-order valence-electron chi connectivity index (χ3n) is 2.50. The molecule has 0 fully saturated rings. The van der Waals surface area contributed by atoms with Gasteiger partial charge in [-0.15, -0.1) is 0 Å². The SMILES string of the molecule is CS(=O)c1cc([N+](=O)[O-])cc2c(Cl)c(C#N)cnc12. The van der Waals surface area contributed by atoms with Crippen molar-refractivity contribution in [1.82, 2.24) is 4.98 Å². The van der Waals surface area contributed by atoms with Crippen LogP contribution >= 0.6 is 11.6 Å². The first-order valence-electron chi connectivity index (χ1n) is 4.96. The van der Waals surface area contributed by atoms with E-state index in [4.69, 9.17) is 16.9 Å². The molecule has 1 atom stereocenters. The van der Waals surface area contributed by atoms with E-state index < -0.39 is 15.7 Å². The number of nitro groups is 1. The third kappa shape index (κ3) is 2.28. The number of benzene rings is 1. The van der Waals surface area contributed by atoms with Crippen molar-refractivity contribution in [2.45, 2.75) is 4.90 Å². The molecule has 0 aliphatic heterocycles. The fourth-order valence-electron chi connectivity index (χ4n) is 1.63. The van der Waals surface area contributed by atoms with E-state index >= 15 is 0 Å². The summed E-state index contributed by atoms with van der Waals surface area (Å²) in [6.07, 6.45) is 2.65. The summed E-state index contributed by atoms with van der Waals surface area (Å²) in [6, 6.07) is 4.27. The summed E-state index contributed by atoms with van der Waals surface area (Å²) in [4.78, 5) is 14.5. The Morgan fingerprint density at radius 1 is 1.53 bits per heavy atom. The molecule has 0 N–H and O–H groups in total. The Hall–Kier alpha value is -2.04. The molecule has 1 aromatic heterocycles. The van der Waals surface area contributed by atoms with Crippen LogP contribution in [-0.2, 0) is 10.8 Å². The number of hydrogen-bond donors (Lipinski definition) is 0. The summed E-state index contributed by atoms with van der Waals surface area (Å²) in [5.41, 5.74) is 0.175. The Labute approximate surface area is 115 Å². The van der Waals surface area contributed by atoms with Crippen LogP contribution < -0.4 is 0 Å². The summed E-state index contributed by atoms with van der Waals surface area (Å²) in [5, 5.41) is 20.1. The van der Waals surface area contributed by atoms with Crippen molar-refractivity contribution in [3.05, 3.63) is 39.0 Å². The molecule has 6 nitrogen and oxygen atoms in total. The fraction of sp³-hybridized carbons (Fsp3) is 0.0909. The van der Waals surface area contributed by atoms with Crippen molar-refractivity contribution in [2.24, 2.45) is 0 Å². The lowest BCUT2D eigenvalue weighted by molar-refractivity contribution is -0.384. The molecule has 2 rings (SSSR count). The van der Waals surface area contributed by atoms with Gasteiger partial charge >= 0.3 is 0 Å². The number of nitriles is 1. The van der Waals surface area contributed by atoms with Crippen LogP contribution in [0.4, 0.5) is 5.69 Å². The molecule has 0 saturated heterocycles. The zero-order valence-corrected chi connectivity index (χ0v) is 11.2. The minimum absolute atomic E-state index is 0.0721. The third-order valence-corrected chi connectivity index (χ3v) is 3.83. The highest BCUT2D eigenvalue weighted by Crippen LogP contribution is 2.32. The number of nitrogens with zero attached hydrogens (tertiary/aromatic N) is 3. The van der Waals surface area contributed by atoms with Gasteiger partial charge in [0.05, 0.1) is 36.7 Å². The first-order chi connectivity index (χ1) is 8.95. The number of halogens is 1. The number of pyridine rings is 1. The molecule has 0 aliphatic carbocycles. The fourth-order valence-corrected chi connectivity index (χ4v) is 2.58. The zero-order valence-electron chi connectivity index (χ0n) is 9.58. The molecule has 19 heavy (non-hydrogen) atoms. The molecule has 96 valence electrons. The maximum atomic E-state index is 11.6. The van der Waals surface area contributed by atoms with E-state index in [1.807, 2.05) is 6.07 Å². The van der Waals surface area contributed by atoms with Gasteiger partial charge in [0.25, 0.3) is 5.69 Å². The van der Waals surface area contributed by atoms with E-state index in [1.54, 1.807) is 0 Å². The summed E-state index contributed by atoms with van der Waals surface area (Å²) >= 11 is 6.01. The second-order valence-corrected chi connectivity index (χ2v) is 5.38. The smallest absolute Gasteiger partial charge is 0.258 e. The van der Waals surface area contributed by atoms with Gasteiger partial charge in [0.1, 0.15) is 6.07 Å². The molecule has 1 aromatic carbocycles. The van der Waals surface area contributed by atoms with Gasteiger partial charge in [0.15, 0.2) is 0 Å². The minimum atomic E-state index is -1.46. The van der Waals surface area contributed by atoms with Gasteiger partial charge in [0.2, 0.25) is 0 Å². The van der Waals surface area contributed by atoms with Crippen LogP contribution in [0.3, 0.4) is 0 Å². The van der Waals surface area contributed by atoms with Gasteiger partial charge in [-0.05, 0) is 0 Å². The number of nitro benzene ring substituents is 1. The summed E-state index contributed by atoms with van der Waals surface area (Å²) in [7, 11) is -1.46. The van der Waals surface area contributed by atoms with E-state index in [0.717, 1.165) is 0 Å². The quantitative estimate of drug-likeness (QED) is 0.626. The van der Waals surface area contributed by atoms with Crippen LogP contribution in [0.25, 0.3) is 10.9 Å². The van der Waals surface area contributed by atoms with Crippen LogP contribution in [0.2, 0.25) is 5.02 Å². The summed E-state index contributed by atoms with van der Waals surface area (Å²) < 4.78 is 11.6. The summed E-state index contributed by atoms with van der Waals surface area (Å²) in [5.74, 6) is 0. The Kier molecular flexibility index (Phi) is 3.46. The predicted octanol–water partition coefficient (Wildman–Crippen LogP) is 2.41. The number of hydrogen-bond acceptors (Lipinski definition) is 5. The monoisotopic (exact) mass is 295 g/mol. The lowest BCUT2D eigenvalue weighted by atomic mass is 10.1. The predicted molar refractivity (Wildman–Crippen MR) is 70.5 cm³/mol. The standard InChI is InChI=1S/C11H6ClN3O3S/c1-19(18)9-3-7(15(16)17)2-8-10(12)6(4-13)5-14-11(8)9/h2-3,5H,1H3. The van der Waals surface area contributed by atoms with Gasteiger partial charge in [-0.2, -0.15) is 5.26 Å². The molecule has 0 amide bonds. The number of aromatic nitrogens is 1. The van der Waals surface area contributed by atoms with Crippen LogP contribution in [0.15, 0.2) is 23.2 Å².